The Morgan fingerprint density at radius 2 is 1.10 bits per heavy atom. The van der Waals surface area contributed by atoms with E-state index in [0.717, 1.165) is 50.3 Å². The van der Waals surface area contributed by atoms with Crippen LogP contribution in [0.15, 0.2) is 24.3 Å². The minimum absolute atomic E-state index is 0.0651. The lowest BCUT2D eigenvalue weighted by Crippen LogP contribution is -2.57. The van der Waals surface area contributed by atoms with Crippen LogP contribution in [0.25, 0.3) is 11.0 Å². The number of halogens is 15. The third kappa shape index (κ3) is 9.17. The van der Waals surface area contributed by atoms with Crippen LogP contribution in [-0.2, 0) is 0 Å². The molecule has 0 amide bonds. The maximum absolute atomic E-state index is 13.1. The van der Waals surface area contributed by atoms with Gasteiger partial charge in [0, 0.05) is 62.4 Å². The second-order valence-electron chi connectivity index (χ2n) is 11.6. The second kappa shape index (κ2) is 15.6. The highest BCUT2D eigenvalue weighted by atomic mass is 35.5. The molecule has 0 aliphatic carbocycles. The summed E-state index contributed by atoms with van der Waals surface area (Å²) in [6.07, 6.45) is 7.61. The highest BCUT2D eigenvalue weighted by molar-refractivity contribution is 7.64. The number of quaternary nitrogens is 1. The largest absolute Gasteiger partial charge is 0.673 e. The molecule has 0 radical (unpaired) electrons. The Balaban J connectivity index is 0.000000236. The van der Waals surface area contributed by atoms with Gasteiger partial charge in [0.15, 0.2) is 0 Å². The molecule has 0 saturated carbocycles. The van der Waals surface area contributed by atoms with Crippen molar-refractivity contribution in [3.05, 3.63) is 24.3 Å². The average molecular weight is 793 g/mol. The molecule has 9 nitrogen and oxygen atoms in total. The summed E-state index contributed by atoms with van der Waals surface area (Å²) in [5, 5.41) is 4.71. The maximum Gasteiger partial charge on any atom is 0.673 e. The molecule has 4 fully saturated rings. The van der Waals surface area contributed by atoms with Crippen molar-refractivity contribution >= 4 is 45.1 Å². The number of para-hydroxylation sites is 1. The lowest BCUT2D eigenvalue weighted by Gasteiger charge is -2.39. The summed E-state index contributed by atoms with van der Waals surface area (Å²) in [6, 6.07) is -2.14. The van der Waals surface area contributed by atoms with Crippen molar-refractivity contribution in [3.8, 4) is 0 Å². The van der Waals surface area contributed by atoms with Crippen LogP contribution in [0.3, 0.4) is 0 Å². The Morgan fingerprint density at radius 1 is 0.740 bits per heavy atom. The summed E-state index contributed by atoms with van der Waals surface area (Å²) in [5.41, 5.74) is 1.87. The highest BCUT2D eigenvalue weighted by Gasteiger charge is 2.91. The molecule has 0 bridgehead atoms. The molecule has 4 aliphatic rings. The zero-order valence-corrected chi connectivity index (χ0v) is 28.2. The number of alkyl halides is 6. The molecule has 27 heteroatoms. The van der Waals surface area contributed by atoms with Crippen molar-refractivity contribution in [3.63, 3.8) is 0 Å². The van der Waals surface area contributed by atoms with Crippen molar-refractivity contribution < 1.29 is 70.3 Å². The molecule has 2 atom stereocenters. The number of hydrogen-bond acceptors (Lipinski definition) is 7. The molecule has 2 aromatic rings. The van der Waals surface area contributed by atoms with Crippen molar-refractivity contribution in [1.82, 2.24) is 34.1 Å². The van der Waals surface area contributed by atoms with E-state index in [4.69, 9.17) is 4.62 Å². The van der Waals surface area contributed by atoms with Crippen LogP contribution in [0.2, 0.25) is 0 Å². The van der Waals surface area contributed by atoms with Gasteiger partial charge in [-0.15, -0.1) is 37.2 Å². The smallest absolute Gasteiger partial charge is 0.418 e. The fraction of sp³-hybridized carbons (Fsp3) is 0.739. The molecule has 0 spiro atoms. The van der Waals surface area contributed by atoms with Crippen LogP contribution in [-0.4, -0.2) is 124 Å². The van der Waals surface area contributed by atoms with Gasteiger partial charge in [0.1, 0.15) is 18.1 Å². The number of hydrogen-bond donors (Lipinski definition) is 0. The number of fused-ring (bicyclic) bond motifs is 1. The van der Waals surface area contributed by atoms with Crippen LogP contribution >= 0.6 is 19.5 Å². The first-order valence-corrected chi connectivity index (χ1v) is 17.1. The first-order valence-electron chi connectivity index (χ1n) is 15.1. The Morgan fingerprint density at radius 3 is 1.40 bits per heavy atom. The van der Waals surface area contributed by atoms with Gasteiger partial charge >= 0.3 is 39.9 Å². The monoisotopic (exact) mass is 792 g/mol. The molecule has 1 aromatic heterocycles. The van der Waals surface area contributed by atoms with E-state index in [2.05, 4.69) is 42.0 Å². The number of nitrogens with zero attached hydrogens (tertiary/aromatic N) is 8. The predicted octanol–water partition coefficient (Wildman–Crippen LogP) is 7.69. The topological polar surface area (TPSA) is 52.9 Å². The minimum atomic E-state index is -6.00. The van der Waals surface area contributed by atoms with E-state index in [9.17, 15) is 61.0 Å². The highest BCUT2D eigenvalue weighted by Crippen LogP contribution is 2.68. The Labute approximate surface area is 283 Å². The van der Waals surface area contributed by atoms with E-state index in [0.29, 0.717) is 0 Å². The van der Waals surface area contributed by atoms with Crippen LogP contribution < -0.4 is 4.62 Å². The molecular weight excluding hydrogens is 758 g/mol. The molecule has 1 aromatic carbocycles. The van der Waals surface area contributed by atoms with Gasteiger partial charge < -0.3 is 34.5 Å². The summed E-state index contributed by atoms with van der Waals surface area (Å²) in [5.74, 6) is 0. The third-order valence-electron chi connectivity index (χ3n) is 8.08. The van der Waals surface area contributed by atoms with Gasteiger partial charge in [-0.05, 0) is 65.4 Å². The zero-order chi connectivity index (χ0) is 38.0. The zero-order valence-electron chi connectivity index (χ0n) is 26.6. The van der Waals surface area contributed by atoms with Crippen molar-refractivity contribution in [2.24, 2.45) is 0 Å². The summed E-state index contributed by atoms with van der Waals surface area (Å²) in [6.45, 7) is 6.79. The van der Waals surface area contributed by atoms with Gasteiger partial charge in [-0.3, -0.25) is 0 Å². The third-order valence-corrected chi connectivity index (χ3v) is 12.4. The maximum atomic E-state index is 13.1. The van der Waals surface area contributed by atoms with Crippen molar-refractivity contribution in [2.45, 2.75) is 56.0 Å². The van der Waals surface area contributed by atoms with Gasteiger partial charge in [0.2, 0.25) is 0 Å². The van der Waals surface area contributed by atoms with E-state index in [1.54, 1.807) is 4.85 Å². The average Bonchev–Trinajstić information content (AvgIpc) is 3.82. The molecular formula is C23H34B2ClF14N8OP. The fourth-order valence-electron chi connectivity index (χ4n) is 5.66. The van der Waals surface area contributed by atoms with Gasteiger partial charge in [-0.2, -0.15) is 13.4 Å². The number of aromatic nitrogens is 3. The fourth-order valence-corrected chi connectivity index (χ4v) is 10.00. The van der Waals surface area contributed by atoms with Crippen molar-refractivity contribution in [2.75, 3.05) is 53.4 Å². The molecule has 4 saturated heterocycles. The standard InChI is InChI=1S/C18H28N6OP.C5H6ClF6N2.2BF4/c1-2-10-18-17(9-1)19-20-24(18)25-26(21-11-3-4-12-21,22-13-5-6-14-22)23-15-7-8-16-23;1-13-3(7,8)4(9,10)14(2,12)5(13,6)11;2*2-1(3,4)5/h1-2,9-10H,3-8,11-16H2;1-2H3;;/q2*+1;2*-1. The lowest BCUT2D eigenvalue weighted by molar-refractivity contribution is -1.14. The van der Waals surface area contributed by atoms with E-state index in [1.807, 2.05) is 18.2 Å². The second-order valence-corrected chi connectivity index (χ2v) is 14.9. The van der Waals surface area contributed by atoms with E-state index >= 15 is 0 Å². The van der Waals surface area contributed by atoms with Gasteiger partial charge in [-0.1, -0.05) is 12.1 Å². The quantitative estimate of drug-likeness (QED) is 0.0769. The van der Waals surface area contributed by atoms with Crippen molar-refractivity contribution in [1.29, 1.82) is 0 Å². The first kappa shape index (κ1) is 42.5. The lowest BCUT2D eigenvalue weighted by atomic mass is 10.3. The summed E-state index contributed by atoms with van der Waals surface area (Å²) >= 11 is 4.68. The normalized spacial score (nSPS) is 27.7. The molecule has 5 heterocycles. The number of benzene rings is 1. The van der Waals surface area contributed by atoms with Gasteiger partial charge in [0.05, 0.1) is 0 Å². The molecule has 50 heavy (non-hydrogen) atoms. The predicted molar refractivity (Wildman–Crippen MR) is 158 cm³/mol. The molecule has 4 aliphatic heterocycles. The molecule has 2 unspecified atom stereocenters. The summed E-state index contributed by atoms with van der Waals surface area (Å²) in [7, 11) is -13.9. The van der Waals surface area contributed by atoms with E-state index < -0.39 is 49.5 Å². The Kier molecular flexibility index (Phi) is 13.3. The number of rotatable bonds is 5. The van der Waals surface area contributed by atoms with E-state index in [1.165, 1.54) is 38.5 Å². The molecule has 288 valence electrons. The van der Waals surface area contributed by atoms with E-state index in [-0.39, 0.29) is 14.1 Å². The molecule has 6 rings (SSSR count). The van der Waals surface area contributed by atoms with Crippen LogP contribution in [0, 0.1) is 0 Å². The Hall–Kier alpha value is -1.91. The first-order chi connectivity index (χ1) is 22.8. The summed E-state index contributed by atoms with van der Waals surface area (Å²) in [4.78, 5) is 0.875. The van der Waals surface area contributed by atoms with Crippen LogP contribution in [0.5, 0.6) is 0 Å². The summed E-state index contributed by atoms with van der Waals surface area (Å²) < 4.78 is 166. The SMILES string of the molecule is CN1C(F)(F)C(F)(F)[N+](C)(F)C1(F)Cl.F[B-](F)(F)F.F[B-](F)(F)F.c1ccc2c(c1)nnn2O[P+](N1CCCC1)(N1CCCC1)N1CCCC1. The van der Waals surface area contributed by atoms with Gasteiger partial charge in [0.25, 0.3) is 0 Å². The molecule has 0 N–H and O–H groups in total. The number of likely N-dealkylation sites (N-methyl/N-ethyl adjacent to an activating group) is 2. The minimum Gasteiger partial charge on any atom is -0.418 e. The van der Waals surface area contributed by atoms with Gasteiger partial charge in [-0.25, -0.2) is 0 Å². The van der Waals surface area contributed by atoms with Crippen LogP contribution in [0.4, 0.5) is 61.0 Å². The van der Waals surface area contributed by atoms with Crippen LogP contribution in [0.1, 0.15) is 38.5 Å². The Bertz CT molecular complexity index is 1300.